The van der Waals surface area contributed by atoms with Crippen LogP contribution in [-0.2, 0) is 0 Å². The number of aromatic nitrogens is 1. The number of rotatable bonds is 3. The Kier molecular flexibility index (Phi) is 5.61. The molecule has 0 radical (unpaired) electrons. The van der Waals surface area contributed by atoms with Crippen molar-refractivity contribution < 1.29 is 28.8 Å². The summed E-state index contributed by atoms with van der Waals surface area (Å²) in [4.78, 5) is 15.4. The molecule has 2 aromatic carbocycles. The van der Waals surface area contributed by atoms with Gasteiger partial charge in [0.15, 0.2) is 0 Å². The third-order valence-corrected chi connectivity index (χ3v) is 3.93. The minimum Gasteiger partial charge on any atom is -0.545 e. The molecular weight excluding hydrogens is 293 g/mol. The van der Waals surface area contributed by atoms with Gasteiger partial charge in [0.1, 0.15) is 0 Å². The van der Waals surface area contributed by atoms with Gasteiger partial charge in [-0.1, -0.05) is 35.9 Å². The molecule has 4 heteroatoms. The van der Waals surface area contributed by atoms with Crippen LogP contribution in [0.25, 0.3) is 22.3 Å². The molecule has 1 heterocycles. The molecule has 3 aromatic rings. The van der Waals surface area contributed by atoms with Gasteiger partial charge < -0.3 is 9.90 Å². The van der Waals surface area contributed by atoms with E-state index in [4.69, 9.17) is 0 Å². The first-order valence-electron chi connectivity index (χ1n) is 7.39. The number of aromatic carboxylic acids is 1. The first kappa shape index (κ1) is 18.0. The van der Waals surface area contributed by atoms with Gasteiger partial charge in [-0.05, 0) is 59.9 Å². The standard InChI is InChI=1S/C20H17NO2.Li/c1-13-3-6-17(19(11-13)15-7-9-21-10-8-15)16-5-4-14(2)18(12-16)20(22)23;/h3-12H,1-2H3,(H,22,23);/q;+1/p-1. The van der Waals surface area contributed by atoms with Crippen molar-refractivity contribution in [2.24, 2.45) is 0 Å². The van der Waals surface area contributed by atoms with E-state index in [-0.39, 0.29) is 24.4 Å². The molecular formula is C20H16LiNO2. The fourth-order valence-electron chi connectivity index (χ4n) is 2.69. The molecule has 1 aromatic heterocycles. The molecule has 24 heavy (non-hydrogen) atoms. The van der Waals surface area contributed by atoms with Crippen LogP contribution in [0.3, 0.4) is 0 Å². The molecule has 0 saturated carbocycles. The van der Waals surface area contributed by atoms with Gasteiger partial charge in [0.25, 0.3) is 0 Å². The Hall–Kier alpha value is -2.34. The van der Waals surface area contributed by atoms with Crippen LogP contribution in [0.5, 0.6) is 0 Å². The van der Waals surface area contributed by atoms with Crippen molar-refractivity contribution in [1.29, 1.82) is 0 Å². The van der Waals surface area contributed by atoms with Crippen LogP contribution in [0.4, 0.5) is 0 Å². The van der Waals surface area contributed by atoms with E-state index in [9.17, 15) is 9.90 Å². The van der Waals surface area contributed by atoms with Gasteiger partial charge in [0.05, 0.1) is 5.97 Å². The SMILES string of the molecule is Cc1ccc(-c2ccc(C)c(C(=O)[O-])c2)c(-c2ccncc2)c1.[Li+]. The first-order valence-corrected chi connectivity index (χ1v) is 7.39. The zero-order valence-electron chi connectivity index (χ0n) is 14.0. The number of nitrogens with zero attached hydrogens (tertiary/aromatic N) is 1. The summed E-state index contributed by atoms with van der Waals surface area (Å²) < 4.78 is 0. The molecule has 0 spiro atoms. The summed E-state index contributed by atoms with van der Waals surface area (Å²) in [5.74, 6) is -1.15. The van der Waals surface area contributed by atoms with Crippen LogP contribution >= 0.6 is 0 Å². The van der Waals surface area contributed by atoms with Crippen LogP contribution in [0.15, 0.2) is 60.9 Å². The smallest absolute Gasteiger partial charge is 0.545 e. The van der Waals surface area contributed by atoms with E-state index in [0.717, 1.165) is 27.8 Å². The fourth-order valence-corrected chi connectivity index (χ4v) is 2.69. The van der Waals surface area contributed by atoms with Crippen molar-refractivity contribution in [1.82, 2.24) is 4.98 Å². The molecule has 114 valence electrons. The van der Waals surface area contributed by atoms with Gasteiger partial charge >= 0.3 is 18.9 Å². The quantitative estimate of drug-likeness (QED) is 0.658. The number of hydrogen-bond donors (Lipinski definition) is 0. The predicted octanol–water partition coefficient (Wildman–Crippen LogP) is 0.400. The van der Waals surface area contributed by atoms with Gasteiger partial charge in [-0.15, -0.1) is 0 Å². The largest absolute Gasteiger partial charge is 1.00 e. The zero-order chi connectivity index (χ0) is 16.4. The summed E-state index contributed by atoms with van der Waals surface area (Å²) in [7, 11) is 0. The number of carbonyl (C=O) groups excluding carboxylic acids is 1. The number of carboxylic acid groups (broad SMARTS) is 1. The molecule has 0 saturated heterocycles. The average Bonchev–Trinajstić information content (AvgIpc) is 2.56. The first-order chi connectivity index (χ1) is 11.1. The second-order valence-electron chi connectivity index (χ2n) is 5.60. The minimum atomic E-state index is -1.15. The van der Waals surface area contributed by atoms with E-state index < -0.39 is 5.97 Å². The molecule has 0 aliphatic rings. The summed E-state index contributed by atoms with van der Waals surface area (Å²) >= 11 is 0. The molecule has 0 fully saturated rings. The number of hydrogen-bond acceptors (Lipinski definition) is 3. The van der Waals surface area contributed by atoms with Crippen LogP contribution < -0.4 is 24.0 Å². The van der Waals surface area contributed by atoms with Crippen molar-refractivity contribution in [3.05, 3.63) is 77.6 Å². The zero-order valence-corrected chi connectivity index (χ0v) is 14.0. The molecule has 0 bridgehead atoms. The van der Waals surface area contributed by atoms with Gasteiger partial charge in [0.2, 0.25) is 0 Å². The molecule has 0 unspecified atom stereocenters. The number of benzene rings is 2. The van der Waals surface area contributed by atoms with Crippen molar-refractivity contribution in [2.45, 2.75) is 13.8 Å². The third-order valence-electron chi connectivity index (χ3n) is 3.93. The minimum absolute atomic E-state index is 0. The van der Waals surface area contributed by atoms with E-state index in [1.165, 1.54) is 0 Å². The predicted molar refractivity (Wildman–Crippen MR) is 88.9 cm³/mol. The summed E-state index contributed by atoms with van der Waals surface area (Å²) in [6.45, 7) is 3.81. The molecule has 0 atom stereocenters. The summed E-state index contributed by atoms with van der Waals surface area (Å²) in [6.07, 6.45) is 3.51. The molecule has 3 nitrogen and oxygen atoms in total. The number of carboxylic acids is 1. The van der Waals surface area contributed by atoms with Crippen molar-refractivity contribution in [3.63, 3.8) is 0 Å². The molecule has 0 N–H and O–H groups in total. The van der Waals surface area contributed by atoms with Crippen molar-refractivity contribution >= 4 is 5.97 Å². The second kappa shape index (κ2) is 7.48. The average molecular weight is 309 g/mol. The van der Waals surface area contributed by atoms with Gasteiger partial charge in [-0.2, -0.15) is 0 Å². The van der Waals surface area contributed by atoms with E-state index in [2.05, 4.69) is 11.1 Å². The van der Waals surface area contributed by atoms with E-state index in [1.807, 2.05) is 43.3 Å². The summed E-state index contributed by atoms with van der Waals surface area (Å²) in [6, 6.07) is 15.5. The summed E-state index contributed by atoms with van der Waals surface area (Å²) in [5, 5.41) is 11.3. The van der Waals surface area contributed by atoms with Crippen LogP contribution in [0, 0.1) is 13.8 Å². The molecule has 3 rings (SSSR count). The van der Waals surface area contributed by atoms with Crippen LogP contribution in [0.2, 0.25) is 0 Å². The van der Waals surface area contributed by atoms with Crippen LogP contribution in [-0.4, -0.2) is 11.0 Å². The molecule has 0 aliphatic carbocycles. The Morgan fingerprint density at radius 2 is 1.58 bits per heavy atom. The number of pyridine rings is 1. The topological polar surface area (TPSA) is 53.0 Å². The maximum Gasteiger partial charge on any atom is 1.00 e. The Morgan fingerprint density at radius 1 is 0.875 bits per heavy atom. The maximum absolute atomic E-state index is 11.3. The Balaban J connectivity index is 0.00000208. The molecule has 0 amide bonds. The maximum atomic E-state index is 11.3. The second-order valence-corrected chi connectivity index (χ2v) is 5.60. The fraction of sp³-hybridized carbons (Fsp3) is 0.100. The van der Waals surface area contributed by atoms with Gasteiger partial charge in [-0.25, -0.2) is 0 Å². The monoisotopic (exact) mass is 309 g/mol. The Morgan fingerprint density at radius 3 is 2.25 bits per heavy atom. The van der Waals surface area contributed by atoms with E-state index in [1.54, 1.807) is 25.4 Å². The van der Waals surface area contributed by atoms with E-state index in [0.29, 0.717) is 5.56 Å². The number of aryl methyl sites for hydroxylation is 2. The Labute approximate surface area is 153 Å². The van der Waals surface area contributed by atoms with Crippen molar-refractivity contribution in [2.75, 3.05) is 0 Å². The van der Waals surface area contributed by atoms with Crippen LogP contribution in [0.1, 0.15) is 21.5 Å². The van der Waals surface area contributed by atoms with E-state index >= 15 is 0 Å². The normalized spacial score (nSPS) is 10.1. The Bertz CT molecular complexity index is 876. The van der Waals surface area contributed by atoms with Gasteiger partial charge in [-0.3, -0.25) is 4.98 Å². The van der Waals surface area contributed by atoms with Crippen molar-refractivity contribution in [3.8, 4) is 22.3 Å². The third kappa shape index (κ3) is 3.59. The van der Waals surface area contributed by atoms with Gasteiger partial charge in [0, 0.05) is 18.0 Å². The summed E-state index contributed by atoms with van der Waals surface area (Å²) in [5.41, 5.74) is 6.03. The molecule has 0 aliphatic heterocycles. The number of carbonyl (C=O) groups is 1.